The molecule has 1 fully saturated rings. The van der Waals surface area contributed by atoms with Gasteiger partial charge in [-0.3, -0.25) is 9.59 Å². The van der Waals surface area contributed by atoms with Gasteiger partial charge in [-0.25, -0.2) is 4.79 Å². The Morgan fingerprint density at radius 3 is 2.20 bits per heavy atom. The predicted octanol–water partition coefficient (Wildman–Crippen LogP) is 1.68. The number of carboxylic acid groups (broad SMARTS) is 2. The molecule has 0 aliphatic heterocycles. The number of carbonyl (C=O) groups excluding carboxylic acids is 1. The number of amides is 1. The molecule has 106 valence electrons. The molecule has 3 N–H and O–H groups in total. The molecule has 2 atom stereocenters. The van der Waals surface area contributed by atoms with E-state index in [1.165, 1.54) is 12.1 Å². The van der Waals surface area contributed by atoms with Crippen LogP contribution < -0.4 is 5.32 Å². The summed E-state index contributed by atoms with van der Waals surface area (Å²) in [5.41, 5.74) is -0.461. The van der Waals surface area contributed by atoms with Crippen molar-refractivity contribution in [2.24, 2.45) is 17.3 Å². The molecule has 0 aromatic heterocycles. The van der Waals surface area contributed by atoms with E-state index in [-0.39, 0.29) is 11.3 Å². The Labute approximate surface area is 115 Å². The summed E-state index contributed by atoms with van der Waals surface area (Å²) in [6.07, 6.45) is 0. The van der Waals surface area contributed by atoms with E-state index in [1.54, 1.807) is 26.0 Å². The summed E-state index contributed by atoms with van der Waals surface area (Å²) in [6, 6.07) is 6.02. The minimum absolute atomic E-state index is 0.0221. The molecular weight excluding hydrogens is 262 g/mol. The topological polar surface area (TPSA) is 104 Å². The van der Waals surface area contributed by atoms with Gasteiger partial charge in [0.1, 0.15) is 0 Å². The number of hydrogen-bond acceptors (Lipinski definition) is 3. The Morgan fingerprint density at radius 1 is 1.10 bits per heavy atom. The van der Waals surface area contributed by atoms with E-state index in [0.717, 1.165) is 0 Å². The number of carbonyl (C=O) groups is 3. The highest BCUT2D eigenvalue weighted by molar-refractivity contribution is 6.04. The van der Waals surface area contributed by atoms with Gasteiger partial charge < -0.3 is 15.5 Å². The fourth-order valence-corrected chi connectivity index (χ4v) is 2.58. The van der Waals surface area contributed by atoms with Crippen molar-refractivity contribution in [3.05, 3.63) is 29.8 Å². The fourth-order valence-electron chi connectivity index (χ4n) is 2.58. The van der Waals surface area contributed by atoms with Crippen molar-refractivity contribution in [2.75, 3.05) is 5.32 Å². The molecule has 0 bridgehead atoms. The summed E-state index contributed by atoms with van der Waals surface area (Å²) in [5, 5.41) is 20.6. The second-order valence-electron chi connectivity index (χ2n) is 5.45. The van der Waals surface area contributed by atoms with Gasteiger partial charge in [0, 0.05) is 0 Å². The average Bonchev–Trinajstić information content (AvgIpc) is 2.93. The Kier molecular flexibility index (Phi) is 3.25. The second kappa shape index (κ2) is 4.63. The molecule has 1 aliphatic rings. The largest absolute Gasteiger partial charge is 0.481 e. The van der Waals surface area contributed by atoms with E-state index in [0.29, 0.717) is 0 Å². The minimum atomic E-state index is -1.15. The molecule has 1 aromatic carbocycles. The Morgan fingerprint density at radius 2 is 1.70 bits per heavy atom. The molecular formula is C14H15NO5. The quantitative estimate of drug-likeness (QED) is 0.776. The van der Waals surface area contributed by atoms with Crippen molar-refractivity contribution in [1.29, 1.82) is 0 Å². The summed E-state index contributed by atoms with van der Waals surface area (Å²) in [7, 11) is 0. The van der Waals surface area contributed by atoms with E-state index in [2.05, 4.69) is 5.32 Å². The highest BCUT2D eigenvalue weighted by atomic mass is 16.4. The zero-order chi connectivity index (χ0) is 15.1. The van der Waals surface area contributed by atoms with Gasteiger partial charge in [-0.15, -0.1) is 0 Å². The Balaban J connectivity index is 2.18. The number of aliphatic carboxylic acids is 1. The van der Waals surface area contributed by atoms with Crippen molar-refractivity contribution in [2.45, 2.75) is 13.8 Å². The lowest BCUT2D eigenvalue weighted by atomic mass is 10.1. The van der Waals surface area contributed by atoms with Crippen LogP contribution in [0.5, 0.6) is 0 Å². The van der Waals surface area contributed by atoms with Gasteiger partial charge in [0.2, 0.25) is 5.91 Å². The van der Waals surface area contributed by atoms with E-state index in [1.807, 2.05) is 0 Å². The average molecular weight is 277 g/mol. The van der Waals surface area contributed by atoms with Crippen LogP contribution in [0.15, 0.2) is 24.3 Å². The second-order valence-corrected chi connectivity index (χ2v) is 5.45. The maximum atomic E-state index is 12.1. The van der Waals surface area contributed by atoms with Crippen LogP contribution in [0.25, 0.3) is 0 Å². The van der Waals surface area contributed by atoms with Crippen LogP contribution in [0, 0.1) is 17.3 Å². The smallest absolute Gasteiger partial charge is 0.337 e. The zero-order valence-corrected chi connectivity index (χ0v) is 11.1. The highest BCUT2D eigenvalue weighted by Gasteiger charge is 2.65. The molecule has 1 aliphatic carbocycles. The number of para-hydroxylation sites is 1. The first-order chi connectivity index (χ1) is 9.26. The molecule has 6 nitrogen and oxygen atoms in total. The van der Waals surface area contributed by atoms with E-state index in [9.17, 15) is 14.4 Å². The van der Waals surface area contributed by atoms with E-state index >= 15 is 0 Å². The van der Waals surface area contributed by atoms with Crippen molar-refractivity contribution in [1.82, 2.24) is 0 Å². The predicted molar refractivity (Wildman–Crippen MR) is 70.4 cm³/mol. The summed E-state index contributed by atoms with van der Waals surface area (Å²) in [4.78, 5) is 34.2. The zero-order valence-electron chi connectivity index (χ0n) is 11.1. The third-order valence-corrected chi connectivity index (χ3v) is 3.79. The molecule has 0 heterocycles. The normalized spacial score (nSPS) is 22.9. The number of anilines is 1. The van der Waals surface area contributed by atoms with Gasteiger partial charge in [0.25, 0.3) is 0 Å². The first kappa shape index (κ1) is 14.0. The maximum Gasteiger partial charge on any atom is 0.337 e. The number of rotatable bonds is 4. The lowest BCUT2D eigenvalue weighted by Gasteiger charge is -2.08. The van der Waals surface area contributed by atoms with Crippen LogP contribution >= 0.6 is 0 Å². The minimum Gasteiger partial charge on any atom is -0.481 e. The monoisotopic (exact) mass is 277 g/mol. The van der Waals surface area contributed by atoms with Gasteiger partial charge in [-0.1, -0.05) is 26.0 Å². The molecule has 0 unspecified atom stereocenters. The van der Waals surface area contributed by atoms with Crippen LogP contribution in [0.4, 0.5) is 5.69 Å². The van der Waals surface area contributed by atoms with Crippen molar-refractivity contribution < 1.29 is 24.6 Å². The summed E-state index contributed by atoms with van der Waals surface area (Å²) in [6.45, 7) is 3.41. The van der Waals surface area contributed by atoms with Crippen molar-refractivity contribution >= 4 is 23.5 Å². The molecule has 6 heteroatoms. The standard InChI is InChI=1S/C14H15NO5/c1-14(2)9(10(14)13(19)20)11(16)15-8-6-4-3-5-7(8)12(17)18/h3-6,9-10H,1-2H3,(H,15,16)(H,17,18)(H,19,20)/t9-,10+/m0/s1. The molecule has 0 spiro atoms. The van der Waals surface area contributed by atoms with Gasteiger partial charge in [-0.05, 0) is 17.5 Å². The van der Waals surface area contributed by atoms with E-state index < -0.39 is 35.1 Å². The van der Waals surface area contributed by atoms with Crippen LogP contribution in [-0.2, 0) is 9.59 Å². The first-order valence-corrected chi connectivity index (χ1v) is 6.12. The van der Waals surface area contributed by atoms with Crippen LogP contribution in [-0.4, -0.2) is 28.1 Å². The summed E-state index contributed by atoms with van der Waals surface area (Å²) >= 11 is 0. The molecule has 20 heavy (non-hydrogen) atoms. The van der Waals surface area contributed by atoms with Crippen LogP contribution in [0.1, 0.15) is 24.2 Å². The third-order valence-electron chi connectivity index (χ3n) is 3.79. The van der Waals surface area contributed by atoms with Crippen LogP contribution in [0.2, 0.25) is 0 Å². The highest BCUT2D eigenvalue weighted by Crippen LogP contribution is 2.58. The molecule has 1 amide bonds. The lowest BCUT2D eigenvalue weighted by Crippen LogP contribution is -2.19. The SMILES string of the molecule is CC1(C)[C@H](C(=O)Nc2ccccc2C(=O)O)[C@@H]1C(=O)O. The third kappa shape index (κ3) is 2.24. The Bertz CT molecular complexity index is 593. The summed E-state index contributed by atoms with van der Waals surface area (Å²) < 4.78 is 0. The number of carboxylic acids is 2. The van der Waals surface area contributed by atoms with Crippen molar-refractivity contribution in [3.8, 4) is 0 Å². The van der Waals surface area contributed by atoms with Gasteiger partial charge in [0.05, 0.1) is 23.1 Å². The number of benzene rings is 1. The molecule has 1 saturated carbocycles. The fraction of sp³-hybridized carbons (Fsp3) is 0.357. The molecule has 1 aromatic rings. The molecule has 2 rings (SSSR count). The first-order valence-electron chi connectivity index (χ1n) is 6.12. The van der Waals surface area contributed by atoms with Crippen molar-refractivity contribution in [3.63, 3.8) is 0 Å². The summed E-state index contributed by atoms with van der Waals surface area (Å²) in [5.74, 6) is -4.01. The number of nitrogens with one attached hydrogen (secondary N) is 1. The molecule has 0 saturated heterocycles. The maximum absolute atomic E-state index is 12.1. The lowest BCUT2D eigenvalue weighted by molar-refractivity contribution is -0.140. The van der Waals surface area contributed by atoms with Crippen LogP contribution in [0.3, 0.4) is 0 Å². The van der Waals surface area contributed by atoms with Gasteiger partial charge in [-0.2, -0.15) is 0 Å². The number of hydrogen-bond donors (Lipinski definition) is 3. The number of aromatic carboxylic acids is 1. The van der Waals surface area contributed by atoms with Gasteiger partial charge >= 0.3 is 11.9 Å². The Hall–Kier alpha value is -2.37. The van der Waals surface area contributed by atoms with E-state index in [4.69, 9.17) is 10.2 Å². The van der Waals surface area contributed by atoms with Gasteiger partial charge in [0.15, 0.2) is 0 Å². The molecule has 0 radical (unpaired) electrons.